The van der Waals surface area contributed by atoms with Gasteiger partial charge in [0, 0.05) is 23.0 Å². The summed E-state index contributed by atoms with van der Waals surface area (Å²) in [5, 5.41) is -0.434. The van der Waals surface area contributed by atoms with Gasteiger partial charge in [0.15, 0.2) is 5.75 Å². The summed E-state index contributed by atoms with van der Waals surface area (Å²) in [4.78, 5) is 31.5. The van der Waals surface area contributed by atoms with Gasteiger partial charge in [0.1, 0.15) is 21.3 Å². The van der Waals surface area contributed by atoms with E-state index in [0.717, 1.165) is 5.56 Å². The molecule has 1 atom stereocenters. The van der Waals surface area contributed by atoms with Crippen LogP contribution < -0.4 is 9.47 Å². The third-order valence-electron chi connectivity index (χ3n) is 9.42. The summed E-state index contributed by atoms with van der Waals surface area (Å²) in [7, 11) is -3.16. The summed E-state index contributed by atoms with van der Waals surface area (Å²) in [6.45, 7) is 3.96. The van der Waals surface area contributed by atoms with E-state index >= 15 is 0 Å². The van der Waals surface area contributed by atoms with E-state index in [1.54, 1.807) is 12.1 Å². The Balaban J connectivity index is 1.39. The van der Waals surface area contributed by atoms with Crippen LogP contribution in [0, 0.1) is 17.8 Å². The molecule has 242 valence electrons. The van der Waals surface area contributed by atoms with Gasteiger partial charge in [0.2, 0.25) is 0 Å². The highest BCUT2D eigenvalue weighted by Gasteiger charge is 2.41. The number of nitrogens with zero attached hydrogens (tertiary/aromatic N) is 1. The Labute approximate surface area is 267 Å². The van der Waals surface area contributed by atoms with Gasteiger partial charge < -0.3 is 14.0 Å². The molecule has 0 aromatic heterocycles. The topological polar surface area (TPSA) is 139 Å². The largest absolute Gasteiger partial charge is 0.772 e. The number of esters is 2. The molecule has 0 N–H and O–H groups in total. The van der Waals surface area contributed by atoms with Crippen LogP contribution in [0.4, 0.5) is 5.69 Å². The molecule has 1 aliphatic heterocycles. The van der Waals surface area contributed by atoms with Crippen molar-refractivity contribution < 1.29 is 36.2 Å². The molecule has 9 nitrogen and oxygen atoms in total. The smallest absolute Gasteiger partial charge is 0.314 e. The lowest BCUT2D eigenvalue weighted by Gasteiger charge is -2.28. The second kappa shape index (κ2) is 13.7. The third kappa shape index (κ3) is 7.81. The molecule has 0 spiro atoms. The van der Waals surface area contributed by atoms with Crippen LogP contribution in [-0.2, 0) is 35.9 Å². The number of ether oxygens (including phenoxy) is 2. The van der Waals surface area contributed by atoms with Crippen LogP contribution in [-0.4, -0.2) is 52.1 Å². The molecule has 0 amide bonds. The molecule has 11 heteroatoms. The zero-order valence-corrected chi connectivity index (χ0v) is 27.5. The highest BCUT2D eigenvalue weighted by Crippen LogP contribution is 2.51. The van der Waals surface area contributed by atoms with E-state index in [2.05, 4.69) is 0 Å². The number of hydrogen-bond acceptors (Lipinski definition) is 9. The summed E-state index contributed by atoms with van der Waals surface area (Å²) < 4.78 is 58.2. The third-order valence-corrected chi connectivity index (χ3v) is 11.8. The van der Waals surface area contributed by atoms with Crippen molar-refractivity contribution in [1.82, 2.24) is 0 Å². The van der Waals surface area contributed by atoms with Crippen molar-refractivity contribution in [2.24, 2.45) is 22.7 Å². The van der Waals surface area contributed by atoms with Crippen molar-refractivity contribution in [3.8, 4) is 11.5 Å². The van der Waals surface area contributed by atoms with Crippen molar-refractivity contribution in [3.63, 3.8) is 0 Å². The number of aliphatic imine (C=N–C) groups is 1. The molecular weight excluding hydrogens is 615 g/mol. The van der Waals surface area contributed by atoms with Gasteiger partial charge in [-0.3, -0.25) is 13.8 Å². The molecule has 45 heavy (non-hydrogen) atoms. The monoisotopic (exact) mass is 654 g/mol. The molecule has 3 aliphatic rings. The quantitative estimate of drug-likeness (QED) is 0.186. The molecule has 1 unspecified atom stereocenters. The zero-order chi connectivity index (χ0) is 32.4. The first-order valence-electron chi connectivity index (χ1n) is 15.5. The molecule has 0 bridgehead atoms. The van der Waals surface area contributed by atoms with Gasteiger partial charge in [0.25, 0.3) is 0 Å². The first kappa shape index (κ1) is 33.2. The van der Waals surface area contributed by atoms with Crippen LogP contribution in [0.3, 0.4) is 0 Å². The summed E-state index contributed by atoms with van der Waals surface area (Å²) in [5.74, 6) is -0.763. The zero-order valence-electron chi connectivity index (χ0n) is 25.9. The van der Waals surface area contributed by atoms with Gasteiger partial charge in [-0.2, -0.15) is 0 Å². The first-order chi connectivity index (χ1) is 21.3. The van der Waals surface area contributed by atoms with Gasteiger partial charge in [-0.15, -0.1) is 0 Å². The van der Waals surface area contributed by atoms with Crippen LogP contribution >= 0.6 is 0 Å². The Morgan fingerprint density at radius 2 is 1.44 bits per heavy atom. The van der Waals surface area contributed by atoms with Gasteiger partial charge in [-0.05, 0) is 94.9 Å². The van der Waals surface area contributed by atoms with Crippen molar-refractivity contribution >= 4 is 50.3 Å². The second-order valence-electron chi connectivity index (χ2n) is 13.0. The number of allylic oxidation sites excluding steroid dienone is 1. The van der Waals surface area contributed by atoms with Crippen LogP contribution in [0.25, 0.3) is 6.08 Å². The molecule has 2 fully saturated rings. The first-order valence-corrected chi connectivity index (χ1v) is 18.7. The number of carbonyl (C=O) groups excluding carboxylic acids is 2. The standard InChI is InChI=1S/C34H41NO8S2/c1-34(2)29(20-11-22-7-5-4-6-8-22)35-31-28(43-33(37)24-12-9-23(10-13-24)21-44(38)39)19-18-27(30(31)34)42-32(36)25-14-16-26(17-15-25)45(3,40)41/h4-8,11,18-20,23-26H,9-10,12-17,21H2,1-3H3,(H,38,39)/p-1/b20-11+. The number of sulfone groups is 1. The van der Waals surface area contributed by atoms with E-state index in [-0.39, 0.29) is 29.3 Å². The summed E-state index contributed by atoms with van der Waals surface area (Å²) in [5.41, 5.74) is 2.08. The minimum atomic E-state index is -3.16. The Morgan fingerprint density at radius 1 is 0.889 bits per heavy atom. The molecule has 2 saturated carbocycles. The van der Waals surface area contributed by atoms with E-state index in [0.29, 0.717) is 74.1 Å². The highest BCUT2D eigenvalue weighted by atomic mass is 32.2. The van der Waals surface area contributed by atoms with Crippen molar-refractivity contribution in [2.45, 2.75) is 75.9 Å². The molecule has 0 saturated heterocycles. The Kier molecular flexibility index (Phi) is 10.1. The fourth-order valence-electron chi connectivity index (χ4n) is 6.68. The van der Waals surface area contributed by atoms with Gasteiger partial charge >= 0.3 is 11.9 Å². The number of rotatable bonds is 9. The van der Waals surface area contributed by atoms with Gasteiger partial charge in [-0.1, -0.05) is 47.5 Å². The van der Waals surface area contributed by atoms with Crippen molar-refractivity contribution in [1.29, 1.82) is 0 Å². The maximum absolute atomic E-state index is 13.3. The van der Waals surface area contributed by atoms with Crippen LogP contribution in [0.5, 0.6) is 11.5 Å². The van der Waals surface area contributed by atoms with Gasteiger partial charge in [0.05, 0.1) is 22.8 Å². The minimum absolute atomic E-state index is 0.0522. The fraction of sp³-hybridized carbons (Fsp3) is 0.500. The van der Waals surface area contributed by atoms with Gasteiger partial charge in [-0.25, -0.2) is 13.4 Å². The van der Waals surface area contributed by atoms with E-state index in [4.69, 9.17) is 14.5 Å². The SMILES string of the molecule is CC1(C)C(/C=C/c2ccccc2)=Nc2c(OC(=O)C3CCC(CS(=O)[O-])CC3)ccc(OC(=O)C3CCC(S(C)(=O)=O)CC3)c21. The number of carbonyl (C=O) groups is 2. The lowest BCUT2D eigenvalue weighted by Crippen LogP contribution is -2.32. The second-order valence-corrected chi connectivity index (χ2v) is 16.3. The van der Waals surface area contributed by atoms with E-state index < -0.39 is 43.5 Å². The lowest BCUT2D eigenvalue weighted by molar-refractivity contribution is -0.141. The Bertz CT molecular complexity index is 1610. The maximum Gasteiger partial charge on any atom is 0.314 e. The lowest BCUT2D eigenvalue weighted by atomic mass is 9.80. The molecular formula is C34H40NO8S2-. The predicted molar refractivity (Wildman–Crippen MR) is 173 cm³/mol. The molecule has 1 heterocycles. The molecule has 0 radical (unpaired) electrons. The summed E-state index contributed by atoms with van der Waals surface area (Å²) >= 11 is -2.10. The minimum Gasteiger partial charge on any atom is -0.772 e. The molecule has 2 aliphatic carbocycles. The Morgan fingerprint density at radius 3 is 2.02 bits per heavy atom. The van der Waals surface area contributed by atoms with Crippen molar-refractivity contribution in [2.75, 3.05) is 12.0 Å². The highest BCUT2D eigenvalue weighted by molar-refractivity contribution is 7.91. The number of benzene rings is 2. The normalized spacial score (nSPS) is 25.3. The van der Waals surface area contributed by atoms with Crippen LogP contribution in [0.2, 0.25) is 0 Å². The van der Waals surface area contributed by atoms with E-state index in [1.165, 1.54) is 6.26 Å². The summed E-state index contributed by atoms with van der Waals surface area (Å²) in [6.07, 6.45) is 9.23. The average molecular weight is 655 g/mol. The summed E-state index contributed by atoms with van der Waals surface area (Å²) in [6, 6.07) is 13.0. The van der Waals surface area contributed by atoms with E-state index in [1.807, 2.05) is 56.3 Å². The maximum atomic E-state index is 13.3. The predicted octanol–water partition coefficient (Wildman–Crippen LogP) is 5.86. The van der Waals surface area contributed by atoms with E-state index in [9.17, 15) is 26.8 Å². The molecule has 5 rings (SSSR count). The molecule has 2 aromatic carbocycles. The number of fused-ring (bicyclic) bond motifs is 1. The van der Waals surface area contributed by atoms with Crippen molar-refractivity contribution in [3.05, 3.63) is 59.7 Å². The van der Waals surface area contributed by atoms with Crippen LogP contribution in [0.1, 0.15) is 76.3 Å². The fourth-order valence-corrected chi connectivity index (χ4v) is 8.52. The Hall–Kier alpha value is -3.15. The van der Waals surface area contributed by atoms with Crippen LogP contribution in [0.15, 0.2) is 53.5 Å². The average Bonchev–Trinajstić information content (AvgIpc) is 3.27. The number of hydrogen-bond donors (Lipinski definition) is 0. The molecule has 2 aromatic rings.